The lowest BCUT2D eigenvalue weighted by Crippen LogP contribution is -1.97. The van der Waals surface area contributed by atoms with Gasteiger partial charge in [0.2, 0.25) is 0 Å². The second kappa shape index (κ2) is 3.51. The number of benzene rings is 1. The van der Waals surface area contributed by atoms with Gasteiger partial charge in [0.1, 0.15) is 5.02 Å². The lowest BCUT2D eigenvalue weighted by molar-refractivity contribution is -0.384. The van der Waals surface area contributed by atoms with E-state index in [1.165, 1.54) is 12.1 Å². The van der Waals surface area contributed by atoms with Gasteiger partial charge in [0.05, 0.1) is 4.92 Å². The summed E-state index contributed by atoms with van der Waals surface area (Å²) >= 11 is 5.61. The molecule has 2 N–H and O–H groups in total. The van der Waals surface area contributed by atoms with Crippen molar-refractivity contribution in [3.8, 4) is 0 Å². The molecule has 0 aliphatic heterocycles. The molecule has 0 unspecified atom stereocenters. The largest absolute Gasteiger partial charge is 0.326 e. The van der Waals surface area contributed by atoms with Crippen molar-refractivity contribution in [3.05, 3.63) is 38.9 Å². The Morgan fingerprint density at radius 1 is 1.58 bits per heavy atom. The molecule has 0 heterocycles. The molecule has 0 spiro atoms. The second-order valence-corrected chi connectivity index (χ2v) is 2.65. The molecule has 1 aromatic rings. The summed E-state index contributed by atoms with van der Waals surface area (Å²) in [6.07, 6.45) is 0. The van der Waals surface area contributed by atoms with E-state index in [4.69, 9.17) is 17.3 Å². The number of hydrogen-bond acceptors (Lipinski definition) is 3. The molecule has 0 fully saturated rings. The number of hydrogen-bond donors (Lipinski definition) is 1. The zero-order valence-corrected chi connectivity index (χ0v) is 6.91. The van der Waals surface area contributed by atoms with Crippen LogP contribution in [-0.4, -0.2) is 4.92 Å². The van der Waals surface area contributed by atoms with E-state index in [0.29, 0.717) is 6.54 Å². The molecule has 1 aromatic carbocycles. The van der Waals surface area contributed by atoms with Gasteiger partial charge < -0.3 is 5.73 Å². The molecule has 0 aliphatic rings. The number of nitro benzene ring substituents is 1. The van der Waals surface area contributed by atoms with Crippen molar-refractivity contribution < 1.29 is 4.92 Å². The normalized spacial score (nSPS) is 9.83. The van der Waals surface area contributed by atoms with Gasteiger partial charge in [0, 0.05) is 12.6 Å². The molecule has 0 aromatic heterocycles. The van der Waals surface area contributed by atoms with Gasteiger partial charge in [-0.05, 0) is 11.6 Å². The number of halogens is 1. The van der Waals surface area contributed by atoms with Crippen LogP contribution >= 0.6 is 11.6 Å². The first-order chi connectivity index (χ1) is 5.65. The molecule has 0 amide bonds. The molecule has 0 radical (unpaired) electrons. The van der Waals surface area contributed by atoms with Gasteiger partial charge in [-0.2, -0.15) is 0 Å². The van der Waals surface area contributed by atoms with Crippen LogP contribution in [0.15, 0.2) is 18.2 Å². The molecule has 0 saturated carbocycles. The first kappa shape index (κ1) is 8.96. The number of nitro groups is 1. The molecule has 1 rings (SSSR count). The Labute approximate surface area is 74.1 Å². The van der Waals surface area contributed by atoms with Crippen LogP contribution in [0.25, 0.3) is 0 Å². The van der Waals surface area contributed by atoms with Gasteiger partial charge in [-0.1, -0.05) is 17.7 Å². The van der Waals surface area contributed by atoms with Gasteiger partial charge in [-0.15, -0.1) is 0 Å². The zero-order chi connectivity index (χ0) is 9.14. The van der Waals surface area contributed by atoms with Crippen molar-refractivity contribution in [1.29, 1.82) is 0 Å². The Kier molecular flexibility index (Phi) is 2.62. The highest BCUT2D eigenvalue weighted by Crippen LogP contribution is 2.24. The molecular weight excluding hydrogens is 180 g/mol. The summed E-state index contributed by atoms with van der Waals surface area (Å²) < 4.78 is 0. The van der Waals surface area contributed by atoms with E-state index in [0.717, 1.165) is 5.56 Å². The minimum Gasteiger partial charge on any atom is -0.326 e. The maximum absolute atomic E-state index is 10.3. The van der Waals surface area contributed by atoms with E-state index in [1.54, 1.807) is 6.07 Å². The van der Waals surface area contributed by atoms with Gasteiger partial charge in [-0.3, -0.25) is 10.1 Å². The predicted molar refractivity (Wildman–Crippen MR) is 46.0 cm³/mol. The first-order valence-corrected chi connectivity index (χ1v) is 3.66. The van der Waals surface area contributed by atoms with Crippen LogP contribution in [0.5, 0.6) is 0 Å². The Bertz CT molecular complexity index is 314. The van der Waals surface area contributed by atoms with Crippen molar-refractivity contribution >= 4 is 17.3 Å². The Morgan fingerprint density at radius 2 is 2.25 bits per heavy atom. The highest BCUT2D eigenvalue weighted by atomic mass is 35.5. The molecular formula is C7H7ClN2O2. The standard InChI is InChI=1S/C7H7ClN2O2/c8-6-3-5(4-9)1-2-7(6)10(11)12/h1-3H,4,9H2. The van der Waals surface area contributed by atoms with Gasteiger partial charge in [0.25, 0.3) is 5.69 Å². The Balaban J connectivity index is 3.12. The average molecular weight is 187 g/mol. The van der Waals surface area contributed by atoms with E-state index in [1.807, 2.05) is 0 Å². The highest BCUT2D eigenvalue weighted by molar-refractivity contribution is 6.32. The highest BCUT2D eigenvalue weighted by Gasteiger charge is 2.10. The topological polar surface area (TPSA) is 69.2 Å². The third-order valence-electron chi connectivity index (χ3n) is 1.44. The monoisotopic (exact) mass is 186 g/mol. The van der Waals surface area contributed by atoms with Gasteiger partial charge >= 0.3 is 0 Å². The van der Waals surface area contributed by atoms with Crippen molar-refractivity contribution in [3.63, 3.8) is 0 Å². The minimum atomic E-state index is -0.525. The molecule has 12 heavy (non-hydrogen) atoms. The number of nitrogens with zero attached hydrogens (tertiary/aromatic N) is 1. The lowest BCUT2D eigenvalue weighted by atomic mass is 10.2. The molecule has 0 bridgehead atoms. The molecule has 5 heteroatoms. The van der Waals surface area contributed by atoms with Crippen LogP contribution in [-0.2, 0) is 6.54 Å². The Morgan fingerprint density at radius 3 is 2.67 bits per heavy atom. The van der Waals surface area contributed by atoms with Gasteiger partial charge in [-0.25, -0.2) is 0 Å². The summed E-state index contributed by atoms with van der Waals surface area (Å²) in [6, 6.07) is 4.44. The first-order valence-electron chi connectivity index (χ1n) is 3.28. The van der Waals surface area contributed by atoms with E-state index >= 15 is 0 Å². The van der Waals surface area contributed by atoms with Crippen molar-refractivity contribution in [2.45, 2.75) is 6.54 Å². The van der Waals surface area contributed by atoms with E-state index in [2.05, 4.69) is 0 Å². The summed E-state index contributed by atoms with van der Waals surface area (Å²) in [5.41, 5.74) is 6.01. The Hall–Kier alpha value is -1.13. The molecule has 0 atom stereocenters. The summed E-state index contributed by atoms with van der Waals surface area (Å²) in [7, 11) is 0. The van der Waals surface area contributed by atoms with Crippen LogP contribution < -0.4 is 5.73 Å². The second-order valence-electron chi connectivity index (χ2n) is 2.25. The maximum atomic E-state index is 10.3. The van der Waals surface area contributed by atoms with Gasteiger partial charge in [0.15, 0.2) is 0 Å². The fraction of sp³-hybridized carbons (Fsp3) is 0.143. The summed E-state index contributed by atoms with van der Waals surface area (Å²) in [4.78, 5) is 9.79. The third kappa shape index (κ3) is 1.72. The van der Waals surface area contributed by atoms with Crippen LogP contribution in [0.2, 0.25) is 5.02 Å². The SMILES string of the molecule is NCc1ccc([N+](=O)[O-])c(Cl)c1. The van der Waals surface area contributed by atoms with Crippen LogP contribution in [0.3, 0.4) is 0 Å². The fourth-order valence-corrected chi connectivity index (χ4v) is 1.10. The zero-order valence-electron chi connectivity index (χ0n) is 6.16. The smallest absolute Gasteiger partial charge is 0.287 e. The van der Waals surface area contributed by atoms with E-state index in [-0.39, 0.29) is 10.7 Å². The number of rotatable bonds is 2. The lowest BCUT2D eigenvalue weighted by Gasteiger charge is -1.97. The molecule has 4 nitrogen and oxygen atoms in total. The third-order valence-corrected chi connectivity index (χ3v) is 1.75. The van der Waals surface area contributed by atoms with Crippen LogP contribution in [0, 0.1) is 10.1 Å². The van der Waals surface area contributed by atoms with Crippen LogP contribution in [0.4, 0.5) is 5.69 Å². The van der Waals surface area contributed by atoms with Crippen molar-refractivity contribution in [1.82, 2.24) is 0 Å². The minimum absolute atomic E-state index is 0.0890. The van der Waals surface area contributed by atoms with E-state index < -0.39 is 4.92 Å². The summed E-state index contributed by atoms with van der Waals surface area (Å²) in [5, 5.41) is 10.4. The maximum Gasteiger partial charge on any atom is 0.287 e. The molecule has 64 valence electrons. The van der Waals surface area contributed by atoms with Crippen molar-refractivity contribution in [2.24, 2.45) is 5.73 Å². The van der Waals surface area contributed by atoms with Crippen LogP contribution in [0.1, 0.15) is 5.56 Å². The number of nitrogens with two attached hydrogens (primary N) is 1. The molecule has 0 saturated heterocycles. The fourth-order valence-electron chi connectivity index (χ4n) is 0.825. The van der Waals surface area contributed by atoms with E-state index in [9.17, 15) is 10.1 Å². The summed E-state index contributed by atoms with van der Waals surface area (Å²) in [6.45, 7) is 0.331. The van der Waals surface area contributed by atoms with Crippen molar-refractivity contribution in [2.75, 3.05) is 0 Å². The molecule has 0 aliphatic carbocycles. The quantitative estimate of drug-likeness (QED) is 0.565. The average Bonchev–Trinajstić information content (AvgIpc) is 2.03. The summed E-state index contributed by atoms with van der Waals surface area (Å²) in [5.74, 6) is 0. The predicted octanol–water partition coefficient (Wildman–Crippen LogP) is 1.71.